The van der Waals surface area contributed by atoms with E-state index in [1.54, 1.807) is 11.3 Å². The van der Waals surface area contributed by atoms with Crippen LogP contribution in [0, 0.1) is 12.8 Å². The molecule has 1 aromatic rings. The lowest BCUT2D eigenvalue weighted by atomic mass is 10.0. The Kier molecular flexibility index (Phi) is 6.85. The molecule has 0 bridgehead atoms. The molecule has 0 amide bonds. The Labute approximate surface area is 92.3 Å². The Morgan fingerprint density at radius 1 is 1.36 bits per heavy atom. The van der Waals surface area contributed by atoms with Crippen LogP contribution in [0.1, 0.15) is 50.6 Å². The molecule has 1 rings (SSSR count). The van der Waals surface area contributed by atoms with Gasteiger partial charge in [-0.25, -0.2) is 0 Å². The van der Waals surface area contributed by atoms with Crippen LogP contribution in [-0.4, -0.2) is 0 Å². The van der Waals surface area contributed by atoms with E-state index in [4.69, 9.17) is 5.73 Å². The van der Waals surface area contributed by atoms with Gasteiger partial charge in [0.1, 0.15) is 0 Å². The van der Waals surface area contributed by atoms with Crippen LogP contribution >= 0.6 is 11.3 Å². The van der Waals surface area contributed by atoms with Gasteiger partial charge in [-0.15, -0.1) is 11.3 Å². The topological polar surface area (TPSA) is 26.0 Å². The van der Waals surface area contributed by atoms with Gasteiger partial charge < -0.3 is 5.73 Å². The van der Waals surface area contributed by atoms with E-state index in [1.807, 2.05) is 13.8 Å². The minimum Gasteiger partial charge on any atom is -0.323 e. The molecule has 0 saturated heterocycles. The Morgan fingerprint density at radius 3 is 2.29 bits per heavy atom. The summed E-state index contributed by atoms with van der Waals surface area (Å²) in [5.41, 5.74) is 7.35. The Balaban J connectivity index is 0.000000791. The number of hydrogen-bond acceptors (Lipinski definition) is 2. The van der Waals surface area contributed by atoms with Crippen molar-refractivity contribution in [2.45, 2.75) is 47.1 Å². The summed E-state index contributed by atoms with van der Waals surface area (Å²) in [6.07, 6.45) is 1.08. The van der Waals surface area contributed by atoms with Crippen LogP contribution in [0.4, 0.5) is 0 Å². The van der Waals surface area contributed by atoms with E-state index in [0.717, 1.165) is 6.42 Å². The van der Waals surface area contributed by atoms with E-state index in [-0.39, 0.29) is 6.04 Å². The zero-order valence-electron chi connectivity index (χ0n) is 10.0. The second-order valence-electron chi connectivity index (χ2n) is 3.76. The summed E-state index contributed by atoms with van der Waals surface area (Å²) in [4.78, 5) is 1.32. The van der Waals surface area contributed by atoms with Crippen LogP contribution in [0.15, 0.2) is 11.4 Å². The molecule has 0 radical (unpaired) electrons. The van der Waals surface area contributed by atoms with Gasteiger partial charge in [0.2, 0.25) is 0 Å². The fourth-order valence-corrected chi connectivity index (χ4v) is 2.19. The molecule has 14 heavy (non-hydrogen) atoms. The number of thiophene rings is 1. The maximum atomic E-state index is 6.02. The van der Waals surface area contributed by atoms with Gasteiger partial charge in [0.15, 0.2) is 0 Å². The largest absolute Gasteiger partial charge is 0.323 e. The van der Waals surface area contributed by atoms with Gasteiger partial charge in [0.25, 0.3) is 0 Å². The summed E-state index contributed by atoms with van der Waals surface area (Å²) in [6.45, 7) is 10.5. The predicted molar refractivity (Wildman–Crippen MR) is 66.8 cm³/mol. The van der Waals surface area contributed by atoms with Crippen LogP contribution in [0.5, 0.6) is 0 Å². The fraction of sp³-hybridized carbons (Fsp3) is 0.667. The first-order chi connectivity index (χ1) is 6.59. The van der Waals surface area contributed by atoms with E-state index >= 15 is 0 Å². The highest BCUT2D eigenvalue weighted by molar-refractivity contribution is 7.10. The molecule has 0 aromatic carbocycles. The lowest BCUT2D eigenvalue weighted by Gasteiger charge is -2.11. The van der Waals surface area contributed by atoms with E-state index in [2.05, 4.69) is 32.2 Å². The first kappa shape index (κ1) is 13.7. The van der Waals surface area contributed by atoms with Gasteiger partial charge in [-0.3, -0.25) is 0 Å². The quantitative estimate of drug-likeness (QED) is 0.802. The predicted octanol–water partition coefficient (Wildman–Crippen LogP) is 4.13. The van der Waals surface area contributed by atoms with Gasteiger partial charge in [-0.2, -0.15) is 0 Å². The van der Waals surface area contributed by atoms with Crippen LogP contribution in [0.2, 0.25) is 0 Å². The third kappa shape index (κ3) is 4.77. The molecule has 1 aromatic heterocycles. The highest BCUT2D eigenvalue weighted by atomic mass is 32.1. The second-order valence-corrected chi connectivity index (χ2v) is 4.71. The van der Waals surface area contributed by atoms with Crippen molar-refractivity contribution in [2.75, 3.05) is 0 Å². The molecule has 0 fully saturated rings. The number of rotatable bonds is 3. The normalized spacial score (nSPS) is 12.2. The minimum absolute atomic E-state index is 0.240. The molecular weight excluding hydrogens is 190 g/mol. The molecule has 0 saturated carbocycles. The number of hydrogen-bond donors (Lipinski definition) is 1. The van der Waals surface area contributed by atoms with Crippen molar-refractivity contribution in [1.29, 1.82) is 0 Å². The monoisotopic (exact) mass is 213 g/mol. The van der Waals surface area contributed by atoms with E-state index in [9.17, 15) is 0 Å². The fourth-order valence-electron chi connectivity index (χ4n) is 1.27. The maximum absolute atomic E-state index is 6.02. The van der Waals surface area contributed by atoms with Gasteiger partial charge in [0.05, 0.1) is 0 Å². The highest BCUT2D eigenvalue weighted by Crippen LogP contribution is 2.24. The smallest absolute Gasteiger partial charge is 0.0392 e. The lowest BCUT2D eigenvalue weighted by Crippen LogP contribution is -2.11. The van der Waals surface area contributed by atoms with Gasteiger partial charge in [-0.1, -0.05) is 27.7 Å². The maximum Gasteiger partial charge on any atom is 0.0392 e. The lowest BCUT2D eigenvalue weighted by molar-refractivity contribution is 0.515. The average molecular weight is 213 g/mol. The molecule has 2 N–H and O–H groups in total. The van der Waals surface area contributed by atoms with Gasteiger partial charge in [-0.05, 0) is 36.3 Å². The molecule has 1 atom stereocenters. The Hall–Kier alpha value is -0.340. The molecule has 0 aliphatic heterocycles. The van der Waals surface area contributed by atoms with Crippen molar-refractivity contribution >= 4 is 11.3 Å². The summed E-state index contributed by atoms with van der Waals surface area (Å²) in [6, 6.07) is 2.43. The third-order valence-corrected chi connectivity index (χ3v) is 3.02. The second kappa shape index (κ2) is 7.02. The molecular formula is C12H23NS. The van der Waals surface area contributed by atoms with Crippen LogP contribution < -0.4 is 5.73 Å². The SMILES string of the molecule is CC.Cc1csc(C(N)CC(C)C)c1. The Morgan fingerprint density at radius 2 is 1.93 bits per heavy atom. The van der Waals surface area contributed by atoms with E-state index in [1.165, 1.54) is 10.4 Å². The average Bonchev–Trinajstić information content (AvgIpc) is 2.54. The van der Waals surface area contributed by atoms with E-state index in [0.29, 0.717) is 5.92 Å². The summed E-state index contributed by atoms with van der Waals surface area (Å²) < 4.78 is 0. The van der Waals surface area contributed by atoms with Crippen LogP contribution in [-0.2, 0) is 0 Å². The standard InChI is InChI=1S/C10H17NS.C2H6/c1-7(2)4-9(11)10-5-8(3)6-12-10;1-2/h5-7,9H,4,11H2,1-3H3;1-2H3. The van der Waals surface area contributed by atoms with Crippen molar-refractivity contribution in [2.24, 2.45) is 11.7 Å². The zero-order valence-corrected chi connectivity index (χ0v) is 10.8. The van der Waals surface area contributed by atoms with Crippen LogP contribution in [0.3, 0.4) is 0 Å². The van der Waals surface area contributed by atoms with Gasteiger partial charge in [0, 0.05) is 10.9 Å². The molecule has 1 unspecified atom stereocenters. The first-order valence-electron chi connectivity index (χ1n) is 5.40. The van der Waals surface area contributed by atoms with Crippen molar-refractivity contribution in [1.82, 2.24) is 0 Å². The summed E-state index contributed by atoms with van der Waals surface area (Å²) in [5.74, 6) is 0.683. The number of aryl methyl sites for hydroxylation is 1. The molecule has 1 heterocycles. The summed E-state index contributed by atoms with van der Waals surface area (Å²) in [7, 11) is 0. The number of nitrogens with two attached hydrogens (primary N) is 1. The first-order valence-corrected chi connectivity index (χ1v) is 6.28. The molecule has 0 aliphatic rings. The molecule has 2 heteroatoms. The molecule has 0 aliphatic carbocycles. The zero-order chi connectivity index (χ0) is 11.1. The summed E-state index contributed by atoms with van der Waals surface area (Å²) in [5, 5.41) is 2.16. The van der Waals surface area contributed by atoms with Crippen LogP contribution in [0.25, 0.3) is 0 Å². The molecule has 82 valence electrons. The molecule has 1 nitrogen and oxygen atoms in total. The van der Waals surface area contributed by atoms with Crippen molar-refractivity contribution < 1.29 is 0 Å². The van der Waals surface area contributed by atoms with E-state index < -0.39 is 0 Å². The van der Waals surface area contributed by atoms with Crippen molar-refractivity contribution in [3.63, 3.8) is 0 Å². The summed E-state index contributed by atoms with van der Waals surface area (Å²) >= 11 is 1.77. The minimum atomic E-state index is 0.240. The molecule has 0 spiro atoms. The van der Waals surface area contributed by atoms with Gasteiger partial charge >= 0.3 is 0 Å². The van der Waals surface area contributed by atoms with Crippen molar-refractivity contribution in [3.05, 3.63) is 21.9 Å². The highest BCUT2D eigenvalue weighted by Gasteiger charge is 2.09. The third-order valence-electron chi connectivity index (χ3n) is 1.84. The van der Waals surface area contributed by atoms with Crippen molar-refractivity contribution in [3.8, 4) is 0 Å². The Bertz CT molecular complexity index is 240.